The van der Waals surface area contributed by atoms with Crippen LogP contribution in [0.2, 0.25) is 0 Å². The van der Waals surface area contributed by atoms with Gasteiger partial charge in [-0.3, -0.25) is 0 Å². The third-order valence-corrected chi connectivity index (χ3v) is 3.68. The molecule has 5 heteroatoms. The average molecular weight is 249 g/mol. The molecule has 0 amide bonds. The zero-order chi connectivity index (χ0) is 12.3. The topological polar surface area (TPSA) is 50.9 Å². The van der Waals surface area contributed by atoms with Gasteiger partial charge in [-0.1, -0.05) is 25.1 Å². The Kier molecular flexibility index (Phi) is 3.81. The summed E-state index contributed by atoms with van der Waals surface area (Å²) in [6.07, 6.45) is 1.95. The Morgan fingerprint density at radius 2 is 2.18 bits per heavy atom. The molecule has 1 aromatic heterocycles. The van der Waals surface area contributed by atoms with Crippen LogP contribution in [0, 0.1) is 0 Å². The first-order valence-corrected chi connectivity index (χ1v) is 6.33. The average Bonchev–Trinajstić information content (AvgIpc) is 2.75. The van der Waals surface area contributed by atoms with Gasteiger partial charge in [-0.2, -0.15) is 0 Å². The van der Waals surface area contributed by atoms with Gasteiger partial charge in [-0.25, -0.2) is 0 Å². The molecule has 1 aromatic carbocycles. The molecule has 2 rings (SSSR count). The number of benzene rings is 1. The van der Waals surface area contributed by atoms with Crippen molar-refractivity contribution in [2.45, 2.75) is 29.5 Å². The number of aromatic nitrogens is 3. The summed E-state index contributed by atoms with van der Waals surface area (Å²) in [5.74, 6) is 0. The molecule has 90 valence electrons. The van der Waals surface area contributed by atoms with Crippen LogP contribution in [0.4, 0.5) is 0 Å². The van der Waals surface area contributed by atoms with Gasteiger partial charge in [-0.15, -0.1) is 10.2 Å². The molecule has 0 spiro atoms. The standard InChI is InChI=1S/C12H15N3OS/c1-3-10(16)9-6-4-5-7-11(9)17-12-14-13-8-15(12)2/h4-8,10,16H,3H2,1-2H3/t10-/m1/s1. The number of hydrogen-bond donors (Lipinski definition) is 1. The van der Waals surface area contributed by atoms with Crippen molar-refractivity contribution >= 4 is 11.8 Å². The Bertz CT molecular complexity index is 498. The molecule has 0 saturated carbocycles. The van der Waals surface area contributed by atoms with Crippen LogP contribution in [0.25, 0.3) is 0 Å². The molecule has 0 saturated heterocycles. The molecule has 0 aliphatic heterocycles. The molecule has 1 heterocycles. The Hall–Kier alpha value is -1.33. The van der Waals surface area contributed by atoms with Gasteiger partial charge in [0.25, 0.3) is 0 Å². The normalized spacial score (nSPS) is 12.6. The molecular weight excluding hydrogens is 234 g/mol. The van der Waals surface area contributed by atoms with Crippen molar-refractivity contribution in [2.75, 3.05) is 0 Å². The van der Waals surface area contributed by atoms with Gasteiger partial charge in [0.05, 0.1) is 6.10 Å². The van der Waals surface area contributed by atoms with Gasteiger partial charge in [0.15, 0.2) is 5.16 Å². The molecular formula is C12H15N3OS. The molecule has 0 radical (unpaired) electrons. The van der Waals surface area contributed by atoms with E-state index < -0.39 is 6.10 Å². The quantitative estimate of drug-likeness (QED) is 0.904. The van der Waals surface area contributed by atoms with E-state index in [0.29, 0.717) is 6.42 Å². The number of hydrogen-bond acceptors (Lipinski definition) is 4. The van der Waals surface area contributed by atoms with Gasteiger partial charge < -0.3 is 9.67 Å². The zero-order valence-corrected chi connectivity index (χ0v) is 10.7. The van der Waals surface area contributed by atoms with E-state index in [1.807, 2.05) is 42.8 Å². The molecule has 2 aromatic rings. The van der Waals surface area contributed by atoms with E-state index in [2.05, 4.69) is 10.2 Å². The van der Waals surface area contributed by atoms with E-state index in [0.717, 1.165) is 15.6 Å². The fourth-order valence-corrected chi connectivity index (χ4v) is 2.48. The lowest BCUT2D eigenvalue weighted by Crippen LogP contribution is -1.98. The van der Waals surface area contributed by atoms with Crippen molar-refractivity contribution in [3.8, 4) is 0 Å². The van der Waals surface area contributed by atoms with Crippen LogP contribution >= 0.6 is 11.8 Å². The minimum absolute atomic E-state index is 0.424. The Balaban J connectivity index is 2.30. The fourth-order valence-electron chi connectivity index (χ4n) is 1.53. The summed E-state index contributed by atoms with van der Waals surface area (Å²) in [5.41, 5.74) is 0.947. The highest BCUT2D eigenvalue weighted by atomic mass is 32.2. The number of aliphatic hydroxyl groups excluding tert-OH is 1. The van der Waals surface area contributed by atoms with E-state index in [1.54, 1.807) is 6.33 Å². The van der Waals surface area contributed by atoms with Gasteiger partial charge in [0, 0.05) is 11.9 Å². The van der Waals surface area contributed by atoms with Crippen molar-refractivity contribution in [1.29, 1.82) is 0 Å². The van der Waals surface area contributed by atoms with Crippen LogP contribution in [0.1, 0.15) is 25.0 Å². The third kappa shape index (κ3) is 2.68. The summed E-state index contributed by atoms with van der Waals surface area (Å²) in [4.78, 5) is 1.03. The van der Waals surface area contributed by atoms with E-state index in [4.69, 9.17) is 0 Å². The monoisotopic (exact) mass is 249 g/mol. The Morgan fingerprint density at radius 3 is 2.82 bits per heavy atom. The first kappa shape index (κ1) is 12.1. The zero-order valence-electron chi connectivity index (χ0n) is 9.87. The maximum atomic E-state index is 9.95. The first-order chi connectivity index (χ1) is 8.22. The van der Waals surface area contributed by atoms with Gasteiger partial charge >= 0.3 is 0 Å². The first-order valence-electron chi connectivity index (χ1n) is 5.51. The summed E-state index contributed by atoms with van der Waals surface area (Å²) in [5, 5.41) is 18.6. The molecule has 1 atom stereocenters. The molecule has 0 unspecified atom stereocenters. The van der Waals surface area contributed by atoms with Gasteiger partial charge in [0.2, 0.25) is 0 Å². The number of aliphatic hydroxyl groups is 1. The number of nitrogens with zero attached hydrogens (tertiary/aromatic N) is 3. The molecule has 0 bridgehead atoms. The number of aryl methyl sites for hydroxylation is 1. The number of rotatable bonds is 4. The van der Waals surface area contributed by atoms with Crippen molar-refractivity contribution in [2.24, 2.45) is 7.05 Å². The third-order valence-electron chi connectivity index (χ3n) is 2.54. The molecule has 0 fully saturated rings. The maximum absolute atomic E-state index is 9.95. The van der Waals surface area contributed by atoms with Gasteiger partial charge in [-0.05, 0) is 29.8 Å². The minimum Gasteiger partial charge on any atom is -0.388 e. The summed E-state index contributed by atoms with van der Waals surface area (Å²) in [6, 6.07) is 7.85. The fraction of sp³-hybridized carbons (Fsp3) is 0.333. The molecule has 4 nitrogen and oxygen atoms in total. The van der Waals surface area contributed by atoms with Crippen molar-refractivity contribution in [1.82, 2.24) is 14.8 Å². The summed E-state index contributed by atoms with van der Waals surface area (Å²) < 4.78 is 1.86. The lowest BCUT2D eigenvalue weighted by atomic mass is 10.1. The second kappa shape index (κ2) is 5.33. The summed E-state index contributed by atoms with van der Waals surface area (Å²) in [7, 11) is 1.90. The molecule has 0 aliphatic carbocycles. The highest BCUT2D eigenvalue weighted by molar-refractivity contribution is 7.99. The van der Waals surface area contributed by atoms with Crippen LogP contribution in [-0.4, -0.2) is 19.9 Å². The van der Waals surface area contributed by atoms with E-state index in [-0.39, 0.29) is 0 Å². The Morgan fingerprint density at radius 1 is 1.41 bits per heavy atom. The smallest absolute Gasteiger partial charge is 0.195 e. The SMILES string of the molecule is CC[C@@H](O)c1ccccc1Sc1nncn1C. The highest BCUT2D eigenvalue weighted by Gasteiger charge is 2.12. The van der Waals surface area contributed by atoms with E-state index in [1.165, 1.54) is 11.8 Å². The van der Waals surface area contributed by atoms with Gasteiger partial charge in [0.1, 0.15) is 6.33 Å². The van der Waals surface area contributed by atoms with Crippen LogP contribution in [0.3, 0.4) is 0 Å². The van der Waals surface area contributed by atoms with Crippen molar-refractivity contribution in [3.05, 3.63) is 36.2 Å². The predicted molar refractivity (Wildman–Crippen MR) is 66.8 cm³/mol. The second-order valence-corrected chi connectivity index (χ2v) is 4.80. The van der Waals surface area contributed by atoms with Crippen LogP contribution < -0.4 is 0 Å². The maximum Gasteiger partial charge on any atom is 0.195 e. The minimum atomic E-state index is -0.424. The molecule has 17 heavy (non-hydrogen) atoms. The Labute approximate surface area is 105 Å². The molecule has 1 N–H and O–H groups in total. The summed E-state index contributed by atoms with van der Waals surface area (Å²) in [6.45, 7) is 1.97. The van der Waals surface area contributed by atoms with Crippen LogP contribution in [0.5, 0.6) is 0 Å². The van der Waals surface area contributed by atoms with E-state index in [9.17, 15) is 5.11 Å². The predicted octanol–water partition coefficient (Wildman–Crippen LogP) is 2.41. The second-order valence-electron chi connectivity index (χ2n) is 3.79. The lowest BCUT2D eigenvalue weighted by molar-refractivity contribution is 0.171. The lowest BCUT2D eigenvalue weighted by Gasteiger charge is -2.12. The molecule has 0 aliphatic rings. The van der Waals surface area contributed by atoms with Crippen LogP contribution in [0.15, 0.2) is 40.6 Å². The van der Waals surface area contributed by atoms with Crippen molar-refractivity contribution < 1.29 is 5.11 Å². The summed E-state index contributed by atoms with van der Waals surface area (Å²) >= 11 is 1.52. The van der Waals surface area contributed by atoms with Crippen LogP contribution in [-0.2, 0) is 7.05 Å². The van der Waals surface area contributed by atoms with E-state index >= 15 is 0 Å². The largest absolute Gasteiger partial charge is 0.388 e. The van der Waals surface area contributed by atoms with Crippen molar-refractivity contribution in [3.63, 3.8) is 0 Å². The highest BCUT2D eigenvalue weighted by Crippen LogP contribution is 2.32.